The molecule has 2 aromatic rings. The number of anilines is 1. The molecule has 90 valence electrons. The van der Waals surface area contributed by atoms with Crippen LogP contribution in [0.15, 0.2) is 24.4 Å². The Kier molecular flexibility index (Phi) is 3.38. The minimum absolute atomic E-state index is 0.692. The van der Waals surface area contributed by atoms with E-state index in [2.05, 4.69) is 12.0 Å². The van der Waals surface area contributed by atoms with Crippen LogP contribution >= 0.6 is 11.6 Å². The zero-order chi connectivity index (χ0) is 12.4. The number of hydrogen-bond acceptors (Lipinski definition) is 2. The molecule has 2 N–H and O–H groups in total. The van der Waals surface area contributed by atoms with Gasteiger partial charge in [0.15, 0.2) is 0 Å². The van der Waals surface area contributed by atoms with Crippen molar-refractivity contribution in [1.82, 2.24) is 9.78 Å². The van der Waals surface area contributed by atoms with Crippen molar-refractivity contribution in [1.29, 1.82) is 0 Å². The lowest BCUT2D eigenvalue weighted by Crippen LogP contribution is -1.96. The molecule has 0 amide bonds. The first kappa shape index (κ1) is 12.0. The van der Waals surface area contributed by atoms with E-state index in [0.29, 0.717) is 5.02 Å². The van der Waals surface area contributed by atoms with Gasteiger partial charge < -0.3 is 5.73 Å². The molecule has 3 nitrogen and oxygen atoms in total. The van der Waals surface area contributed by atoms with E-state index in [9.17, 15) is 0 Å². The van der Waals surface area contributed by atoms with Gasteiger partial charge in [-0.25, -0.2) is 0 Å². The highest BCUT2D eigenvalue weighted by atomic mass is 35.5. The van der Waals surface area contributed by atoms with Crippen LogP contribution in [0, 0.1) is 6.92 Å². The van der Waals surface area contributed by atoms with Gasteiger partial charge in [0.1, 0.15) is 0 Å². The summed E-state index contributed by atoms with van der Waals surface area (Å²) in [6.45, 7) is 5.04. The fourth-order valence-electron chi connectivity index (χ4n) is 1.89. The molecule has 0 bridgehead atoms. The number of aryl methyl sites for hydroxylation is 2. The summed E-state index contributed by atoms with van der Waals surface area (Å²) in [6, 6.07) is 5.51. The normalized spacial score (nSPS) is 10.8. The van der Waals surface area contributed by atoms with E-state index in [1.54, 1.807) is 6.07 Å². The van der Waals surface area contributed by atoms with E-state index in [0.717, 1.165) is 35.5 Å². The third-order valence-corrected chi connectivity index (χ3v) is 2.94. The van der Waals surface area contributed by atoms with Gasteiger partial charge in [0, 0.05) is 34.6 Å². The van der Waals surface area contributed by atoms with Crippen LogP contribution < -0.4 is 5.73 Å². The van der Waals surface area contributed by atoms with Crippen molar-refractivity contribution in [2.24, 2.45) is 0 Å². The van der Waals surface area contributed by atoms with Crippen molar-refractivity contribution in [2.45, 2.75) is 26.8 Å². The summed E-state index contributed by atoms with van der Waals surface area (Å²) in [5, 5.41) is 5.16. The molecule has 0 radical (unpaired) electrons. The van der Waals surface area contributed by atoms with E-state index in [1.165, 1.54) is 0 Å². The fourth-order valence-corrected chi connectivity index (χ4v) is 2.06. The molecular weight excluding hydrogens is 234 g/mol. The highest BCUT2D eigenvalue weighted by Crippen LogP contribution is 2.30. The largest absolute Gasteiger partial charge is 0.398 e. The SMILES string of the molecule is CCCn1cc(-c2cc(Cl)ccc2N)c(C)n1. The summed E-state index contributed by atoms with van der Waals surface area (Å²) < 4.78 is 1.95. The fraction of sp³-hybridized carbons (Fsp3) is 0.308. The lowest BCUT2D eigenvalue weighted by Gasteiger charge is -2.04. The maximum Gasteiger partial charge on any atom is 0.0672 e. The first-order valence-electron chi connectivity index (χ1n) is 5.71. The maximum absolute atomic E-state index is 6.00. The first-order chi connectivity index (χ1) is 8.11. The first-order valence-corrected chi connectivity index (χ1v) is 6.09. The third-order valence-electron chi connectivity index (χ3n) is 2.70. The number of nitrogens with two attached hydrogens (primary N) is 1. The lowest BCUT2D eigenvalue weighted by atomic mass is 10.1. The van der Waals surface area contributed by atoms with Crippen molar-refractivity contribution >= 4 is 17.3 Å². The second-order valence-corrected chi connectivity index (χ2v) is 4.56. The highest BCUT2D eigenvalue weighted by Gasteiger charge is 2.10. The van der Waals surface area contributed by atoms with E-state index in [1.807, 2.05) is 29.9 Å². The van der Waals surface area contributed by atoms with Gasteiger partial charge in [-0.1, -0.05) is 18.5 Å². The Bertz CT molecular complexity index is 531. The molecule has 1 aromatic heterocycles. The molecule has 1 aromatic carbocycles. The summed E-state index contributed by atoms with van der Waals surface area (Å²) in [7, 11) is 0. The number of halogens is 1. The number of nitrogen functional groups attached to an aromatic ring is 1. The van der Waals surface area contributed by atoms with Crippen molar-refractivity contribution < 1.29 is 0 Å². The molecule has 1 heterocycles. The predicted molar refractivity (Wildman–Crippen MR) is 72.1 cm³/mol. The van der Waals surface area contributed by atoms with Crippen LogP contribution in [0.5, 0.6) is 0 Å². The second kappa shape index (κ2) is 4.80. The van der Waals surface area contributed by atoms with Gasteiger partial charge in [-0.2, -0.15) is 5.10 Å². The Morgan fingerprint density at radius 1 is 1.35 bits per heavy atom. The van der Waals surface area contributed by atoms with Gasteiger partial charge in [0.2, 0.25) is 0 Å². The molecule has 4 heteroatoms. The van der Waals surface area contributed by atoms with E-state index in [4.69, 9.17) is 17.3 Å². The van der Waals surface area contributed by atoms with Crippen LogP contribution in [0.1, 0.15) is 19.0 Å². The number of nitrogens with zero attached hydrogens (tertiary/aromatic N) is 2. The number of hydrogen-bond donors (Lipinski definition) is 1. The summed E-state index contributed by atoms with van der Waals surface area (Å²) >= 11 is 6.00. The molecule has 0 saturated carbocycles. The van der Waals surface area contributed by atoms with Crippen molar-refractivity contribution in [3.63, 3.8) is 0 Å². The van der Waals surface area contributed by atoms with E-state index >= 15 is 0 Å². The van der Waals surface area contributed by atoms with E-state index in [-0.39, 0.29) is 0 Å². The monoisotopic (exact) mass is 249 g/mol. The quantitative estimate of drug-likeness (QED) is 0.846. The molecule has 0 aliphatic carbocycles. The van der Waals surface area contributed by atoms with E-state index < -0.39 is 0 Å². The molecule has 2 rings (SSSR count). The second-order valence-electron chi connectivity index (χ2n) is 4.12. The van der Waals surface area contributed by atoms with Crippen LogP contribution in [0.2, 0.25) is 5.02 Å². The molecule has 17 heavy (non-hydrogen) atoms. The van der Waals surface area contributed by atoms with Crippen LogP contribution in [0.25, 0.3) is 11.1 Å². The van der Waals surface area contributed by atoms with Crippen LogP contribution in [0.4, 0.5) is 5.69 Å². The van der Waals surface area contributed by atoms with Crippen LogP contribution in [-0.2, 0) is 6.54 Å². The Labute approximate surface area is 106 Å². The molecule has 0 saturated heterocycles. The topological polar surface area (TPSA) is 43.8 Å². The Morgan fingerprint density at radius 3 is 2.82 bits per heavy atom. The van der Waals surface area contributed by atoms with Gasteiger partial charge in [0.25, 0.3) is 0 Å². The van der Waals surface area contributed by atoms with Crippen molar-refractivity contribution in [3.8, 4) is 11.1 Å². The minimum Gasteiger partial charge on any atom is -0.398 e. The standard InChI is InChI=1S/C13H16ClN3/c1-3-6-17-8-12(9(2)16-17)11-7-10(14)4-5-13(11)15/h4-5,7-8H,3,6,15H2,1-2H3. The molecule has 0 unspecified atom stereocenters. The molecule has 0 aliphatic heterocycles. The summed E-state index contributed by atoms with van der Waals surface area (Å²) in [5.41, 5.74) is 9.70. The zero-order valence-corrected chi connectivity index (χ0v) is 10.8. The zero-order valence-electron chi connectivity index (χ0n) is 10.1. The Balaban J connectivity index is 2.48. The van der Waals surface area contributed by atoms with Gasteiger partial charge >= 0.3 is 0 Å². The van der Waals surface area contributed by atoms with Gasteiger partial charge in [-0.15, -0.1) is 0 Å². The Hall–Kier alpha value is -1.48. The summed E-state index contributed by atoms with van der Waals surface area (Å²) in [4.78, 5) is 0. The summed E-state index contributed by atoms with van der Waals surface area (Å²) in [6.07, 6.45) is 3.09. The molecular formula is C13H16ClN3. The van der Waals surface area contributed by atoms with Crippen LogP contribution in [0.3, 0.4) is 0 Å². The predicted octanol–water partition coefficient (Wildman–Crippen LogP) is 3.50. The average Bonchev–Trinajstić information content (AvgIpc) is 2.64. The van der Waals surface area contributed by atoms with Crippen molar-refractivity contribution in [3.05, 3.63) is 35.1 Å². The van der Waals surface area contributed by atoms with Gasteiger partial charge in [0.05, 0.1) is 5.69 Å². The maximum atomic E-state index is 6.00. The molecule has 0 atom stereocenters. The van der Waals surface area contributed by atoms with Crippen molar-refractivity contribution in [2.75, 3.05) is 5.73 Å². The average molecular weight is 250 g/mol. The molecule has 0 aliphatic rings. The summed E-state index contributed by atoms with van der Waals surface area (Å²) in [5.74, 6) is 0. The van der Waals surface area contributed by atoms with Gasteiger partial charge in [-0.05, 0) is 31.5 Å². The Morgan fingerprint density at radius 2 is 2.12 bits per heavy atom. The smallest absolute Gasteiger partial charge is 0.0672 e. The minimum atomic E-state index is 0.692. The number of benzene rings is 1. The molecule has 0 fully saturated rings. The lowest BCUT2D eigenvalue weighted by molar-refractivity contribution is 0.598. The number of aromatic nitrogens is 2. The highest BCUT2D eigenvalue weighted by molar-refractivity contribution is 6.31. The van der Waals surface area contributed by atoms with Crippen LogP contribution in [-0.4, -0.2) is 9.78 Å². The third kappa shape index (κ3) is 2.44. The number of rotatable bonds is 3. The molecule has 0 spiro atoms. The van der Waals surface area contributed by atoms with Gasteiger partial charge in [-0.3, -0.25) is 4.68 Å².